The van der Waals surface area contributed by atoms with Crippen LogP contribution in [0.5, 0.6) is 0 Å². The number of carbonyl (C=O) groups is 2. The van der Waals surface area contributed by atoms with Crippen molar-refractivity contribution in [2.75, 3.05) is 25.9 Å². The number of hydrogen-bond donors (Lipinski definition) is 1. The van der Waals surface area contributed by atoms with Gasteiger partial charge in [-0.1, -0.05) is 0 Å². The molecule has 7 heteroatoms. The normalized spacial score (nSPS) is 17.4. The van der Waals surface area contributed by atoms with Crippen LogP contribution in [0.25, 0.3) is 0 Å². The van der Waals surface area contributed by atoms with Gasteiger partial charge in [-0.25, -0.2) is 13.6 Å². The Kier molecular flexibility index (Phi) is 4.11. The number of nitrogens with two attached hydrogens (primary N) is 1. The molecule has 114 valence electrons. The van der Waals surface area contributed by atoms with Crippen LogP contribution in [0.1, 0.15) is 33.6 Å². The van der Waals surface area contributed by atoms with Crippen LogP contribution in [-0.4, -0.2) is 42.9 Å². The summed E-state index contributed by atoms with van der Waals surface area (Å²) >= 11 is 0. The number of ether oxygens (including phenoxy) is 1. The number of esters is 1. The summed E-state index contributed by atoms with van der Waals surface area (Å²) in [5.41, 5.74) is 6.07. The number of carbonyl (C=O) groups excluding carboxylic acids is 2. The van der Waals surface area contributed by atoms with Crippen molar-refractivity contribution in [2.45, 2.75) is 18.8 Å². The van der Waals surface area contributed by atoms with Crippen molar-refractivity contribution >= 4 is 17.6 Å². The molecule has 2 rings (SSSR count). The topological polar surface area (TPSA) is 72.6 Å². The number of likely N-dealkylation sites (tertiary alicyclic amines) is 1. The van der Waals surface area contributed by atoms with Gasteiger partial charge < -0.3 is 15.4 Å². The molecule has 5 nitrogen and oxygen atoms in total. The molecule has 1 fully saturated rings. The quantitative estimate of drug-likeness (QED) is 0.669. The number of rotatable bonds is 2. The highest BCUT2D eigenvalue weighted by Crippen LogP contribution is 2.27. The highest BCUT2D eigenvalue weighted by atomic mass is 19.3. The first kappa shape index (κ1) is 15.2. The van der Waals surface area contributed by atoms with Crippen molar-refractivity contribution in [1.82, 2.24) is 4.90 Å². The van der Waals surface area contributed by atoms with Gasteiger partial charge in [-0.3, -0.25) is 4.79 Å². The Hall–Kier alpha value is -2.18. The zero-order valence-electron chi connectivity index (χ0n) is 11.6. The average molecular weight is 298 g/mol. The fraction of sp³-hybridized carbons (Fsp3) is 0.429. The van der Waals surface area contributed by atoms with E-state index in [0.29, 0.717) is 0 Å². The van der Waals surface area contributed by atoms with Crippen LogP contribution >= 0.6 is 0 Å². The predicted molar refractivity (Wildman–Crippen MR) is 72.3 cm³/mol. The van der Waals surface area contributed by atoms with Crippen molar-refractivity contribution in [3.63, 3.8) is 0 Å². The molecule has 1 aliphatic heterocycles. The lowest BCUT2D eigenvalue weighted by atomic mass is 10.0. The van der Waals surface area contributed by atoms with Crippen molar-refractivity contribution in [3.8, 4) is 0 Å². The van der Waals surface area contributed by atoms with Crippen molar-refractivity contribution in [1.29, 1.82) is 0 Å². The van der Waals surface area contributed by atoms with Gasteiger partial charge in [0.15, 0.2) is 0 Å². The summed E-state index contributed by atoms with van der Waals surface area (Å²) < 4.78 is 31.3. The maximum Gasteiger partial charge on any atom is 0.337 e. The van der Waals surface area contributed by atoms with E-state index in [0.717, 1.165) is 4.90 Å². The number of anilines is 1. The van der Waals surface area contributed by atoms with Gasteiger partial charge in [-0.15, -0.1) is 0 Å². The maximum atomic E-state index is 13.4. The lowest BCUT2D eigenvalue weighted by molar-refractivity contribution is -0.0560. The number of nitrogens with zero attached hydrogens (tertiary/aromatic N) is 1. The summed E-state index contributed by atoms with van der Waals surface area (Å²) in [6.07, 6.45) is 0.0199. The largest absolute Gasteiger partial charge is 0.465 e. The molecule has 2 N–H and O–H groups in total. The van der Waals surface area contributed by atoms with Crippen LogP contribution in [-0.2, 0) is 4.74 Å². The maximum absolute atomic E-state index is 13.4. The summed E-state index contributed by atoms with van der Waals surface area (Å²) in [7, 11) is 1.21. The smallest absolute Gasteiger partial charge is 0.337 e. The lowest BCUT2D eigenvalue weighted by Crippen LogP contribution is -2.45. The molecular weight excluding hydrogens is 282 g/mol. The molecule has 21 heavy (non-hydrogen) atoms. The predicted octanol–water partition coefficient (Wildman–Crippen LogP) is 1.93. The number of amides is 1. The number of alkyl halides is 2. The molecule has 1 aromatic rings. The monoisotopic (exact) mass is 298 g/mol. The molecule has 0 atom stereocenters. The van der Waals surface area contributed by atoms with Crippen molar-refractivity contribution in [2.24, 2.45) is 0 Å². The second-order valence-corrected chi connectivity index (χ2v) is 5.02. The van der Waals surface area contributed by atoms with Gasteiger partial charge in [0.05, 0.1) is 19.2 Å². The van der Waals surface area contributed by atoms with Gasteiger partial charge >= 0.3 is 5.97 Å². The molecule has 0 spiro atoms. The number of methoxy groups -OCH3 is 1. The highest BCUT2D eigenvalue weighted by Gasteiger charge is 2.37. The third-order valence-corrected chi connectivity index (χ3v) is 3.30. The Labute approximate surface area is 120 Å². The second-order valence-electron chi connectivity index (χ2n) is 5.02. The minimum atomic E-state index is -2.88. The first-order valence-corrected chi connectivity index (χ1v) is 6.48. The van der Waals surface area contributed by atoms with E-state index in [2.05, 4.69) is 4.74 Å². The van der Waals surface area contributed by atoms with E-state index in [9.17, 15) is 18.4 Å². The molecule has 1 aliphatic rings. The Morgan fingerprint density at radius 1 is 1.29 bits per heavy atom. The molecule has 1 saturated heterocycles. The van der Waals surface area contributed by atoms with Gasteiger partial charge in [-0.05, 0) is 24.6 Å². The van der Waals surface area contributed by atoms with E-state index in [1.54, 1.807) is 0 Å². The van der Waals surface area contributed by atoms with Crippen LogP contribution in [0, 0.1) is 0 Å². The molecule has 0 radical (unpaired) electrons. The fourth-order valence-corrected chi connectivity index (χ4v) is 2.33. The summed E-state index contributed by atoms with van der Waals surface area (Å²) in [6, 6.07) is 4.03. The molecular formula is C14H16F2N2O3. The first-order chi connectivity index (χ1) is 9.82. The van der Waals surface area contributed by atoms with Gasteiger partial charge in [0.2, 0.25) is 0 Å². The Morgan fingerprint density at radius 2 is 1.95 bits per heavy atom. The molecule has 0 aromatic heterocycles. The minimum absolute atomic E-state index is 0.105. The minimum Gasteiger partial charge on any atom is -0.465 e. The molecule has 1 heterocycles. The summed E-state index contributed by atoms with van der Waals surface area (Å²) in [5.74, 6) is -4.08. The average Bonchev–Trinajstić information content (AvgIpc) is 2.43. The molecule has 0 saturated carbocycles. The first-order valence-electron chi connectivity index (χ1n) is 6.48. The third-order valence-electron chi connectivity index (χ3n) is 3.30. The zero-order valence-corrected chi connectivity index (χ0v) is 11.6. The molecule has 1 amide bonds. The molecule has 0 aliphatic carbocycles. The number of hydrogen-bond acceptors (Lipinski definition) is 4. The van der Waals surface area contributed by atoms with E-state index in [1.807, 2.05) is 0 Å². The Bertz CT molecular complexity index is 575. The number of nitrogen functional groups attached to an aromatic ring is 1. The highest BCUT2D eigenvalue weighted by molar-refractivity contribution is 5.99. The van der Waals surface area contributed by atoms with Crippen LogP contribution in [0.4, 0.5) is 14.5 Å². The third kappa shape index (κ3) is 3.48. The van der Waals surface area contributed by atoms with E-state index >= 15 is 0 Å². The van der Waals surface area contributed by atoms with Crippen molar-refractivity contribution < 1.29 is 23.1 Å². The molecule has 0 bridgehead atoms. The summed E-state index contributed by atoms with van der Waals surface area (Å²) in [4.78, 5) is 24.9. The van der Waals surface area contributed by atoms with Crippen LogP contribution in [0.2, 0.25) is 0 Å². The van der Waals surface area contributed by atoms with Gasteiger partial charge in [0.1, 0.15) is 0 Å². The van der Waals surface area contributed by atoms with E-state index in [1.165, 1.54) is 25.3 Å². The molecule has 1 aromatic carbocycles. The fourth-order valence-electron chi connectivity index (χ4n) is 2.33. The van der Waals surface area contributed by atoms with E-state index in [-0.39, 0.29) is 36.2 Å². The SMILES string of the molecule is COC(=O)c1cc(N)cc(C(=O)N2CCCC(F)(F)C2)c1. The summed E-state index contributed by atoms with van der Waals surface area (Å²) in [6.45, 7) is -0.356. The number of piperidine rings is 1. The van der Waals surface area contributed by atoms with Crippen LogP contribution in [0.15, 0.2) is 18.2 Å². The van der Waals surface area contributed by atoms with E-state index < -0.39 is 24.3 Å². The van der Waals surface area contributed by atoms with Gasteiger partial charge in [0.25, 0.3) is 11.8 Å². The Balaban J connectivity index is 2.26. The van der Waals surface area contributed by atoms with Crippen LogP contribution in [0.3, 0.4) is 0 Å². The van der Waals surface area contributed by atoms with Gasteiger partial charge in [0, 0.05) is 24.2 Å². The standard InChI is InChI=1S/C14H16F2N2O3/c1-21-13(20)10-5-9(6-11(17)7-10)12(19)18-4-2-3-14(15,16)8-18/h5-7H,2-4,8,17H2,1H3. The second kappa shape index (κ2) is 5.67. The number of halogens is 2. The van der Waals surface area contributed by atoms with Crippen molar-refractivity contribution in [3.05, 3.63) is 29.3 Å². The molecule has 0 unspecified atom stereocenters. The summed E-state index contributed by atoms with van der Waals surface area (Å²) in [5, 5.41) is 0. The zero-order chi connectivity index (χ0) is 15.6. The van der Waals surface area contributed by atoms with E-state index in [4.69, 9.17) is 5.73 Å². The lowest BCUT2D eigenvalue weighted by Gasteiger charge is -2.32. The van der Waals surface area contributed by atoms with Gasteiger partial charge in [-0.2, -0.15) is 0 Å². The Morgan fingerprint density at radius 3 is 2.57 bits per heavy atom. The number of benzene rings is 1. The van der Waals surface area contributed by atoms with Crippen LogP contribution < -0.4 is 5.73 Å².